The van der Waals surface area contributed by atoms with Crippen LogP contribution in [0, 0.1) is 17.3 Å². The highest BCUT2D eigenvalue weighted by Gasteiger charge is 2.34. The van der Waals surface area contributed by atoms with E-state index in [1.165, 1.54) is 32.4 Å². The fourth-order valence-corrected chi connectivity index (χ4v) is 3.41. The number of hydrogen-bond acceptors (Lipinski definition) is 2. The van der Waals surface area contributed by atoms with Crippen LogP contribution in [0.2, 0.25) is 0 Å². The maximum Gasteiger partial charge on any atom is 0.0105 e. The molecule has 0 spiro atoms. The van der Waals surface area contributed by atoms with E-state index in [0.29, 0.717) is 5.41 Å². The molecular formula is C15H32N2. The Labute approximate surface area is 108 Å². The van der Waals surface area contributed by atoms with E-state index in [1.807, 2.05) is 0 Å². The van der Waals surface area contributed by atoms with Crippen molar-refractivity contribution in [3.05, 3.63) is 0 Å². The molecule has 17 heavy (non-hydrogen) atoms. The lowest BCUT2D eigenvalue weighted by atomic mass is 9.69. The summed E-state index contributed by atoms with van der Waals surface area (Å²) >= 11 is 0. The van der Waals surface area contributed by atoms with Gasteiger partial charge in [-0.1, -0.05) is 27.7 Å². The van der Waals surface area contributed by atoms with E-state index in [4.69, 9.17) is 0 Å². The molecule has 1 fully saturated rings. The molecule has 0 aromatic heterocycles. The van der Waals surface area contributed by atoms with Gasteiger partial charge in [-0.3, -0.25) is 0 Å². The molecule has 0 heterocycles. The number of nitrogens with zero attached hydrogens (tertiary/aromatic N) is 1. The van der Waals surface area contributed by atoms with Crippen molar-refractivity contribution < 1.29 is 0 Å². The lowest BCUT2D eigenvalue weighted by Gasteiger charge is -2.42. The van der Waals surface area contributed by atoms with Crippen molar-refractivity contribution in [2.24, 2.45) is 17.3 Å². The normalized spacial score (nSPS) is 28.9. The van der Waals surface area contributed by atoms with Gasteiger partial charge in [0, 0.05) is 19.1 Å². The summed E-state index contributed by atoms with van der Waals surface area (Å²) in [6.45, 7) is 11.9. The molecule has 0 radical (unpaired) electrons. The zero-order chi connectivity index (χ0) is 13.1. The van der Waals surface area contributed by atoms with Crippen molar-refractivity contribution in [2.75, 3.05) is 27.2 Å². The van der Waals surface area contributed by atoms with Gasteiger partial charge >= 0.3 is 0 Å². The van der Waals surface area contributed by atoms with Gasteiger partial charge in [0.05, 0.1) is 0 Å². The first-order valence-corrected chi connectivity index (χ1v) is 7.20. The topological polar surface area (TPSA) is 15.3 Å². The first kappa shape index (κ1) is 15.0. The Hall–Kier alpha value is -0.0800. The van der Waals surface area contributed by atoms with E-state index in [2.05, 4.69) is 52.0 Å². The van der Waals surface area contributed by atoms with Crippen LogP contribution in [0.1, 0.15) is 47.0 Å². The van der Waals surface area contributed by atoms with Gasteiger partial charge in [-0.25, -0.2) is 0 Å². The second-order valence-electron chi connectivity index (χ2n) is 7.18. The lowest BCUT2D eigenvalue weighted by molar-refractivity contribution is 0.108. The second kappa shape index (κ2) is 6.19. The lowest BCUT2D eigenvalue weighted by Crippen LogP contribution is -2.46. The molecule has 0 aromatic carbocycles. The van der Waals surface area contributed by atoms with Crippen LogP contribution in [0.3, 0.4) is 0 Å². The minimum atomic E-state index is 0.538. The standard InChI is InChI=1S/C15H32N2/c1-12(2)10-17(6)11-13-9-15(3,4)8-7-14(13)16-5/h12-14,16H,7-11H2,1-6H3. The highest BCUT2D eigenvalue weighted by molar-refractivity contribution is 4.89. The van der Waals surface area contributed by atoms with Crippen LogP contribution in [0.25, 0.3) is 0 Å². The van der Waals surface area contributed by atoms with Crippen molar-refractivity contribution in [1.29, 1.82) is 0 Å². The van der Waals surface area contributed by atoms with Crippen LogP contribution in [0.4, 0.5) is 0 Å². The SMILES string of the molecule is CNC1CCC(C)(C)CC1CN(C)CC(C)C. The quantitative estimate of drug-likeness (QED) is 0.795. The largest absolute Gasteiger partial charge is 0.317 e. The summed E-state index contributed by atoms with van der Waals surface area (Å²) in [6, 6.07) is 0.720. The zero-order valence-electron chi connectivity index (χ0n) is 12.7. The van der Waals surface area contributed by atoms with Gasteiger partial charge in [-0.15, -0.1) is 0 Å². The third kappa shape index (κ3) is 4.97. The third-order valence-electron chi connectivity index (χ3n) is 4.11. The van der Waals surface area contributed by atoms with Crippen molar-refractivity contribution in [3.8, 4) is 0 Å². The fraction of sp³-hybridized carbons (Fsp3) is 1.00. The van der Waals surface area contributed by atoms with E-state index < -0.39 is 0 Å². The second-order valence-corrected chi connectivity index (χ2v) is 7.18. The molecule has 1 N–H and O–H groups in total. The predicted octanol–water partition coefficient (Wildman–Crippen LogP) is 2.99. The number of nitrogens with one attached hydrogen (secondary N) is 1. The first-order valence-electron chi connectivity index (χ1n) is 7.20. The Bertz CT molecular complexity index is 223. The van der Waals surface area contributed by atoms with Crippen molar-refractivity contribution >= 4 is 0 Å². The van der Waals surface area contributed by atoms with Crippen LogP contribution >= 0.6 is 0 Å². The summed E-state index contributed by atoms with van der Waals surface area (Å²) in [7, 11) is 4.40. The molecular weight excluding hydrogens is 208 g/mol. The predicted molar refractivity (Wildman–Crippen MR) is 76.3 cm³/mol. The van der Waals surface area contributed by atoms with Crippen LogP contribution in [-0.2, 0) is 0 Å². The average Bonchev–Trinajstić information content (AvgIpc) is 2.15. The maximum absolute atomic E-state index is 3.52. The van der Waals surface area contributed by atoms with Gasteiger partial charge in [-0.2, -0.15) is 0 Å². The van der Waals surface area contributed by atoms with E-state index in [-0.39, 0.29) is 0 Å². The van der Waals surface area contributed by atoms with E-state index in [9.17, 15) is 0 Å². The molecule has 1 aliphatic rings. The van der Waals surface area contributed by atoms with Gasteiger partial charge in [0.2, 0.25) is 0 Å². The van der Waals surface area contributed by atoms with Gasteiger partial charge in [0.15, 0.2) is 0 Å². The van der Waals surface area contributed by atoms with E-state index in [1.54, 1.807) is 0 Å². The Morgan fingerprint density at radius 1 is 1.35 bits per heavy atom. The average molecular weight is 240 g/mol. The minimum Gasteiger partial charge on any atom is -0.317 e. The monoisotopic (exact) mass is 240 g/mol. The molecule has 2 atom stereocenters. The summed E-state index contributed by atoms with van der Waals surface area (Å²) in [6.07, 6.45) is 4.06. The Morgan fingerprint density at radius 3 is 2.53 bits per heavy atom. The molecule has 0 bridgehead atoms. The Balaban J connectivity index is 2.52. The van der Waals surface area contributed by atoms with Gasteiger partial charge in [0.1, 0.15) is 0 Å². The molecule has 0 amide bonds. The zero-order valence-corrected chi connectivity index (χ0v) is 12.7. The van der Waals surface area contributed by atoms with Crippen molar-refractivity contribution in [2.45, 2.75) is 53.0 Å². The maximum atomic E-state index is 3.52. The molecule has 0 saturated heterocycles. The molecule has 2 unspecified atom stereocenters. The summed E-state index contributed by atoms with van der Waals surface area (Å²) in [5.41, 5.74) is 0.538. The summed E-state index contributed by atoms with van der Waals surface area (Å²) in [4.78, 5) is 2.51. The molecule has 1 rings (SSSR count). The van der Waals surface area contributed by atoms with Crippen LogP contribution in [0.15, 0.2) is 0 Å². The Morgan fingerprint density at radius 2 is 2.00 bits per heavy atom. The smallest absolute Gasteiger partial charge is 0.0105 e. The first-order chi connectivity index (χ1) is 7.84. The molecule has 0 aliphatic heterocycles. The van der Waals surface area contributed by atoms with Gasteiger partial charge in [-0.05, 0) is 50.6 Å². The molecule has 1 saturated carbocycles. The molecule has 2 heteroatoms. The van der Waals surface area contributed by atoms with Gasteiger partial charge in [0.25, 0.3) is 0 Å². The van der Waals surface area contributed by atoms with Crippen molar-refractivity contribution in [1.82, 2.24) is 10.2 Å². The molecule has 102 valence electrons. The van der Waals surface area contributed by atoms with Crippen LogP contribution in [-0.4, -0.2) is 38.1 Å². The number of rotatable bonds is 5. The van der Waals surface area contributed by atoms with E-state index >= 15 is 0 Å². The highest BCUT2D eigenvalue weighted by atomic mass is 15.1. The summed E-state index contributed by atoms with van der Waals surface area (Å²) in [5.74, 6) is 1.58. The van der Waals surface area contributed by atoms with Crippen LogP contribution < -0.4 is 5.32 Å². The Kier molecular flexibility index (Phi) is 5.46. The highest BCUT2D eigenvalue weighted by Crippen LogP contribution is 2.38. The van der Waals surface area contributed by atoms with Crippen LogP contribution in [0.5, 0.6) is 0 Å². The molecule has 0 aromatic rings. The summed E-state index contributed by atoms with van der Waals surface area (Å²) in [5, 5.41) is 3.52. The molecule has 1 aliphatic carbocycles. The minimum absolute atomic E-state index is 0.538. The summed E-state index contributed by atoms with van der Waals surface area (Å²) < 4.78 is 0. The number of hydrogen-bond donors (Lipinski definition) is 1. The van der Waals surface area contributed by atoms with Crippen molar-refractivity contribution in [3.63, 3.8) is 0 Å². The van der Waals surface area contributed by atoms with Gasteiger partial charge < -0.3 is 10.2 Å². The van der Waals surface area contributed by atoms with E-state index in [0.717, 1.165) is 17.9 Å². The molecule has 2 nitrogen and oxygen atoms in total. The fourth-order valence-electron chi connectivity index (χ4n) is 3.41. The third-order valence-corrected chi connectivity index (χ3v) is 4.11.